The summed E-state index contributed by atoms with van der Waals surface area (Å²) >= 11 is 0. The molecule has 92 valence electrons. The van der Waals surface area contributed by atoms with E-state index in [1.807, 2.05) is 0 Å². The molecule has 0 bridgehead atoms. The minimum Gasteiger partial charge on any atom is -0.295 e. The number of Topliss-reactive ketones (excluding diaryl/α,β-unsaturated/α-hetero) is 1. The Labute approximate surface area is 101 Å². The van der Waals surface area contributed by atoms with Gasteiger partial charge in [0.2, 0.25) is 0 Å². The second-order valence-corrected chi connectivity index (χ2v) is 11.8. The van der Waals surface area contributed by atoms with Gasteiger partial charge in [-0.1, -0.05) is 47.2 Å². The molecular formula is C14H26OSi. The summed E-state index contributed by atoms with van der Waals surface area (Å²) in [6.45, 7) is 14.0. The van der Waals surface area contributed by atoms with Crippen molar-refractivity contribution >= 4 is 13.9 Å². The molecule has 0 N–H and O–H groups in total. The summed E-state index contributed by atoms with van der Waals surface area (Å²) in [6.07, 6.45) is 1.81. The molecule has 1 nitrogen and oxygen atoms in total. The highest BCUT2D eigenvalue weighted by Gasteiger charge is 2.42. The molecule has 0 aromatic carbocycles. The Morgan fingerprint density at radius 2 is 1.38 bits per heavy atom. The van der Waals surface area contributed by atoms with Crippen LogP contribution in [0.5, 0.6) is 0 Å². The predicted molar refractivity (Wildman–Crippen MR) is 73.4 cm³/mol. The van der Waals surface area contributed by atoms with Gasteiger partial charge >= 0.3 is 0 Å². The zero-order valence-corrected chi connectivity index (χ0v) is 12.6. The molecule has 0 saturated heterocycles. The number of rotatable bonds is 4. The molecule has 0 heterocycles. The standard InChI is InChI=1S/C14H26OSi/c1-10(2)16(11(3)4,12(5)6)9-13-7-8-14(13)15/h9-12H,7-8H2,1-6H3/b13-9+. The fourth-order valence-electron chi connectivity index (χ4n) is 3.33. The maximum absolute atomic E-state index is 11.5. The first kappa shape index (κ1) is 13.7. The van der Waals surface area contributed by atoms with Gasteiger partial charge in [0, 0.05) is 6.42 Å². The molecule has 0 radical (unpaired) electrons. The fraction of sp³-hybridized carbons (Fsp3) is 0.786. The van der Waals surface area contributed by atoms with Crippen molar-refractivity contribution in [1.82, 2.24) is 0 Å². The summed E-state index contributed by atoms with van der Waals surface area (Å²) in [7, 11) is -1.49. The molecule has 1 aliphatic carbocycles. The van der Waals surface area contributed by atoms with Crippen LogP contribution in [0.2, 0.25) is 16.6 Å². The van der Waals surface area contributed by atoms with E-state index >= 15 is 0 Å². The van der Waals surface area contributed by atoms with Crippen molar-refractivity contribution in [3.63, 3.8) is 0 Å². The molecule has 0 spiro atoms. The maximum atomic E-state index is 11.5. The largest absolute Gasteiger partial charge is 0.295 e. The third-order valence-electron chi connectivity index (χ3n) is 4.40. The van der Waals surface area contributed by atoms with Crippen LogP contribution < -0.4 is 0 Å². The van der Waals surface area contributed by atoms with Gasteiger partial charge in [-0.3, -0.25) is 4.79 Å². The van der Waals surface area contributed by atoms with Crippen LogP contribution in [0.1, 0.15) is 54.4 Å². The van der Waals surface area contributed by atoms with E-state index in [1.54, 1.807) is 0 Å². The van der Waals surface area contributed by atoms with Crippen molar-refractivity contribution < 1.29 is 4.79 Å². The Bertz CT molecular complexity index is 278. The summed E-state index contributed by atoms with van der Waals surface area (Å²) in [4.78, 5) is 11.5. The molecule has 1 aliphatic rings. The Balaban J connectivity index is 3.12. The Kier molecular flexibility index (Phi) is 4.16. The van der Waals surface area contributed by atoms with Crippen LogP contribution >= 0.6 is 0 Å². The van der Waals surface area contributed by atoms with E-state index < -0.39 is 8.07 Å². The predicted octanol–water partition coefficient (Wildman–Crippen LogP) is 4.49. The minimum absolute atomic E-state index is 0.402. The highest BCUT2D eigenvalue weighted by Crippen LogP contribution is 2.44. The molecular weight excluding hydrogens is 212 g/mol. The Morgan fingerprint density at radius 3 is 1.56 bits per heavy atom. The number of ketones is 1. The van der Waals surface area contributed by atoms with Crippen LogP contribution in [0.4, 0.5) is 0 Å². The molecule has 0 atom stereocenters. The zero-order valence-electron chi connectivity index (χ0n) is 11.6. The SMILES string of the molecule is CC(C)[Si](/C=C1\CCC1=O)(C(C)C)C(C)C. The number of allylic oxidation sites excluding steroid dienone is 1. The molecule has 1 fully saturated rings. The van der Waals surface area contributed by atoms with E-state index in [4.69, 9.17) is 0 Å². The van der Waals surface area contributed by atoms with Gasteiger partial charge in [-0.05, 0) is 28.6 Å². The summed E-state index contributed by atoms with van der Waals surface area (Å²) in [5.74, 6) is 0.402. The molecule has 2 heteroatoms. The first-order chi connectivity index (χ1) is 7.32. The van der Waals surface area contributed by atoms with Crippen LogP contribution in [-0.2, 0) is 4.79 Å². The third kappa shape index (κ3) is 2.17. The van der Waals surface area contributed by atoms with Gasteiger partial charge in [-0.25, -0.2) is 0 Å². The summed E-state index contributed by atoms with van der Waals surface area (Å²) in [6, 6.07) is 0. The highest BCUT2D eigenvalue weighted by molar-refractivity contribution is 6.88. The van der Waals surface area contributed by atoms with Crippen LogP contribution in [0, 0.1) is 0 Å². The number of carbonyl (C=O) groups excluding carboxylic acids is 1. The average Bonchev–Trinajstić information content (AvgIpc) is 2.14. The van der Waals surface area contributed by atoms with Crippen molar-refractivity contribution in [3.05, 3.63) is 11.3 Å². The topological polar surface area (TPSA) is 17.1 Å². The third-order valence-corrected chi connectivity index (χ3v) is 11.3. The van der Waals surface area contributed by atoms with Crippen molar-refractivity contribution in [2.75, 3.05) is 0 Å². The lowest BCUT2D eigenvalue weighted by Crippen LogP contribution is -2.44. The van der Waals surface area contributed by atoms with Gasteiger partial charge in [-0.2, -0.15) is 0 Å². The van der Waals surface area contributed by atoms with E-state index in [2.05, 4.69) is 47.2 Å². The number of hydrogen-bond donors (Lipinski definition) is 0. The number of carbonyl (C=O) groups is 1. The van der Waals surface area contributed by atoms with Crippen molar-refractivity contribution in [2.24, 2.45) is 0 Å². The van der Waals surface area contributed by atoms with E-state index in [-0.39, 0.29) is 0 Å². The van der Waals surface area contributed by atoms with E-state index in [0.717, 1.165) is 18.4 Å². The van der Waals surface area contributed by atoms with Gasteiger partial charge in [0.1, 0.15) is 0 Å². The normalized spacial score (nSPS) is 20.1. The minimum atomic E-state index is -1.49. The second kappa shape index (κ2) is 4.87. The smallest absolute Gasteiger partial charge is 0.158 e. The summed E-state index contributed by atoms with van der Waals surface area (Å²) in [5, 5.41) is 0. The monoisotopic (exact) mass is 238 g/mol. The van der Waals surface area contributed by atoms with E-state index in [0.29, 0.717) is 22.4 Å². The lowest BCUT2D eigenvalue weighted by molar-refractivity contribution is -0.118. The lowest BCUT2D eigenvalue weighted by atomic mass is 9.93. The molecule has 1 rings (SSSR count). The van der Waals surface area contributed by atoms with E-state index in [1.165, 1.54) is 0 Å². The van der Waals surface area contributed by atoms with Crippen LogP contribution in [-0.4, -0.2) is 13.9 Å². The van der Waals surface area contributed by atoms with Gasteiger partial charge in [0.15, 0.2) is 5.78 Å². The zero-order chi connectivity index (χ0) is 12.5. The molecule has 0 aliphatic heterocycles. The van der Waals surface area contributed by atoms with Crippen LogP contribution in [0.15, 0.2) is 11.3 Å². The molecule has 0 amide bonds. The first-order valence-electron chi connectivity index (χ1n) is 6.57. The quantitative estimate of drug-likeness (QED) is 0.521. The Morgan fingerprint density at radius 1 is 0.938 bits per heavy atom. The molecule has 0 unspecified atom stereocenters. The molecule has 16 heavy (non-hydrogen) atoms. The van der Waals surface area contributed by atoms with Crippen molar-refractivity contribution in [2.45, 2.75) is 71.0 Å². The van der Waals surface area contributed by atoms with Gasteiger partial charge in [0.25, 0.3) is 0 Å². The molecule has 1 saturated carbocycles. The van der Waals surface area contributed by atoms with Gasteiger partial charge in [-0.15, -0.1) is 0 Å². The molecule has 0 aromatic rings. The Hall–Kier alpha value is -0.373. The van der Waals surface area contributed by atoms with Gasteiger partial charge in [0.05, 0.1) is 8.07 Å². The molecule has 0 aromatic heterocycles. The second-order valence-electron chi connectivity index (χ2n) is 6.06. The van der Waals surface area contributed by atoms with Gasteiger partial charge < -0.3 is 0 Å². The average molecular weight is 238 g/mol. The fourth-order valence-corrected chi connectivity index (χ4v) is 9.23. The summed E-state index contributed by atoms with van der Waals surface area (Å²) in [5.41, 5.74) is 5.73. The van der Waals surface area contributed by atoms with Crippen LogP contribution in [0.3, 0.4) is 0 Å². The van der Waals surface area contributed by atoms with Crippen molar-refractivity contribution in [3.8, 4) is 0 Å². The van der Waals surface area contributed by atoms with Crippen molar-refractivity contribution in [1.29, 1.82) is 0 Å². The first-order valence-corrected chi connectivity index (χ1v) is 8.88. The lowest BCUT2D eigenvalue weighted by Gasteiger charge is -2.42. The van der Waals surface area contributed by atoms with E-state index in [9.17, 15) is 4.79 Å². The maximum Gasteiger partial charge on any atom is 0.158 e. The number of hydrogen-bond acceptors (Lipinski definition) is 1. The summed E-state index contributed by atoms with van der Waals surface area (Å²) < 4.78 is 0. The van der Waals surface area contributed by atoms with Crippen LogP contribution in [0.25, 0.3) is 0 Å². The highest BCUT2D eigenvalue weighted by atomic mass is 28.3.